The first kappa shape index (κ1) is 48.8. The number of carbonyl (C=O) groups is 2. The number of ether oxygens (including phenoxy) is 2. The van der Waals surface area contributed by atoms with E-state index in [9.17, 15) is 24.9 Å². The Morgan fingerprint density at radius 2 is 1.16 bits per heavy atom. The summed E-state index contributed by atoms with van der Waals surface area (Å²) in [4.78, 5) is 24.3. The molecule has 0 radical (unpaired) electrons. The van der Waals surface area contributed by atoms with Crippen molar-refractivity contribution in [2.75, 3.05) is 13.2 Å². The topological polar surface area (TPSA) is 113 Å². The Bertz CT molecular complexity index is 909. The van der Waals surface area contributed by atoms with Crippen molar-refractivity contribution < 1.29 is 34.4 Å². The summed E-state index contributed by atoms with van der Waals surface area (Å²) in [5.74, 6) is 0.0589. The zero-order valence-corrected chi connectivity index (χ0v) is 33.0. The van der Waals surface area contributed by atoms with Crippen LogP contribution in [0.15, 0.2) is 48.6 Å². The van der Waals surface area contributed by atoms with Gasteiger partial charge in [-0.15, -0.1) is 0 Å². The number of aliphatic hydroxyl groups is 3. The summed E-state index contributed by atoms with van der Waals surface area (Å²) >= 11 is 0. The first-order chi connectivity index (χ1) is 24.8. The normalized spacial score (nSPS) is 14.5. The highest BCUT2D eigenvalue weighted by Crippen LogP contribution is 2.16. The van der Waals surface area contributed by atoms with Crippen molar-refractivity contribution in [3.05, 3.63) is 48.6 Å². The minimum atomic E-state index is -0.862. The highest BCUT2D eigenvalue weighted by atomic mass is 16.6. The van der Waals surface area contributed by atoms with Crippen molar-refractivity contribution in [3.8, 4) is 0 Å². The van der Waals surface area contributed by atoms with Crippen LogP contribution in [0.1, 0.15) is 181 Å². The first-order valence-electron chi connectivity index (χ1n) is 20.8. The molecule has 1 unspecified atom stereocenters. The van der Waals surface area contributed by atoms with Gasteiger partial charge in [-0.3, -0.25) is 9.59 Å². The second kappa shape index (κ2) is 37.5. The van der Waals surface area contributed by atoms with E-state index in [0.29, 0.717) is 25.7 Å². The van der Waals surface area contributed by atoms with Gasteiger partial charge in [0.15, 0.2) is 6.10 Å². The second-order valence-corrected chi connectivity index (χ2v) is 14.4. The van der Waals surface area contributed by atoms with Crippen molar-refractivity contribution in [3.63, 3.8) is 0 Å². The molecule has 296 valence electrons. The number of rotatable bonds is 36. The van der Waals surface area contributed by atoms with Gasteiger partial charge < -0.3 is 24.8 Å². The fourth-order valence-electron chi connectivity index (χ4n) is 5.72. The van der Waals surface area contributed by atoms with Crippen molar-refractivity contribution in [2.45, 2.75) is 200 Å². The van der Waals surface area contributed by atoms with E-state index in [1.54, 1.807) is 36.5 Å². The Morgan fingerprint density at radius 3 is 1.73 bits per heavy atom. The van der Waals surface area contributed by atoms with Crippen LogP contribution in [-0.4, -0.2) is 58.8 Å². The Balaban J connectivity index is 3.79. The predicted molar refractivity (Wildman–Crippen MR) is 212 cm³/mol. The third-order valence-electron chi connectivity index (χ3n) is 9.36. The monoisotopic (exact) mass is 719 g/mol. The molecule has 0 saturated heterocycles. The molecule has 0 rings (SSSR count). The van der Waals surface area contributed by atoms with Gasteiger partial charge in [-0.05, 0) is 44.4 Å². The largest absolute Gasteiger partial charge is 0.462 e. The fraction of sp³-hybridized carbons (Fsp3) is 0.773. The molecule has 7 heteroatoms. The summed E-state index contributed by atoms with van der Waals surface area (Å²) in [5, 5.41) is 29.7. The van der Waals surface area contributed by atoms with Crippen molar-refractivity contribution in [1.82, 2.24) is 0 Å². The van der Waals surface area contributed by atoms with Crippen LogP contribution < -0.4 is 0 Å². The van der Waals surface area contributed by atoms with E-state index in [1.165, 1.54) is 103 Å². The maximum absolute atomic E-state index is 12.2. The zero-order valence-electron chi connectivity index (χ0n) is 33.0. The van der Waals surface area contributed by atoms with E-state index in [-0.39, 0.29) is 19.0 Å². The Morgan fingerprint density at radius 1 is 0.608 bits per heavy atom. The molecular formula is C44H78O7. The van der Waals surface area contributed by atoms with E-state index in [0.717, 1.165) is 31.6 Å². The number of hydrogen-bond acceptors (Lipinski definition) is 7. The van der Waals surface area contributed by atoms with Crippen LogP contribution in [0, 0.1) is 5.92 Å². The van der Waals surface area contributed by atoms with Gasteiger partial charge in [0.2, 0.25) is 0 Å². The smallest absolute Gasteiger partial charge is 0.306 e. The summed E-state index contributed by atoms with van der Waals surface area (Å²) in [7, 11) is 0. The van der Waals surface area contributed by atoms with E-state index in [4.69, 9.17) is 9.47 Å². The van der Waals surface area contributed by atoms with Gasteiger partial charge in [0.25, 0.3) is 0 Å². The molecule has 0 heterocycles. The molecule has 4 atom stereocenters. The molecule has 0 aliphatic rings. The van der Waals surface area contributed by atoms with Crippen LogP contribution in [0.25, 0.3) is 0 Å². The van der Waals surface area contributed by atoms with Crippen molar-refractivity contribution >= 4 is 11.9 Å². The Hall–Kier alpha value is -2.22. The summed E-state index contributed by atoms with van der Waals surface area (Å²) in [6.45, 7) is 6.25. The fourth-order valence-corrected chi connectivity index (χ4v) is 5.72. The van der Waals surface area contributed by atoms with E-state index < -0.39 is 30.9 Å². The molecule has 7 nitrogen and oxygen atoms in total. The van der Waals surface area contributed by atoms with Crippen LogP contribution in [0.4, 0.5) is 0 Å². The minimum absolute atomic E-state index is 0.124. The quantitative estimate of drug-likeness (QED) is 0.0256. The number of hydrogen-bond donors (Lipinski definition) is 3. The molecule has 0 amide bonds. The molecule has 0 aromatic carbocycles. The molecule has 0 aliphatic carbocycles. The highest BCUT2D eigenvalue weighted by Gasteiger charge is 2.16. The maximum atomic E-state index is 12.2. The van der Waals surface area contributed by atoms with Gasteiger partial charge in [0.1, 0.15) is 6.61 Å². The Labute approximate surface area is 313 Å². The molecule has 0 aromatic rings. The lowest BCUT2D eigenvalue weighted by molar-refractivity contribution is -0.161. The molecule has 0 fully saturated rings. The summed E-state index contributed by atoms with van der Waals surface area (Å²) in [5.41, 5.74) is 0. The van der Waals surface area contributed by atoms with Gasteiger partial charge in [-0.1, -0.05) is 179 Å². The van der Waals surface area contributed by atoms with Crippen molar-refractivity contribution in [2.24, 2.45) is 5.92 Å². The van der Waals surface area contributed by atoms with Crippen LogP contribution in [-0.2, 0) is 19.1 Å². The van der Waals surface area contributed by atoms with Crippen LogP contribution in [0.2, 0.25) is 0 Å². The zero-order chi connectivity index (χ0) is 37.6. The molecule has 0 saturated carbocycles. The molecular weight excluding hydrogens is 640 g/mol. The van der Waals surface area contributed by atoms with Gasteiger partial charge in [-0.25, -0.2) is 0 Å². The van der Waals surface area contributed by atoms with Crippen molar-refractivity contribution in [1.29, 1.82) is 0 Å². The molecule has 0 spiro atoms. The third kappa shape index (κ3) is 35.9. The SMILES string of the molecule is CCCCC/C=C\C[C@@H](O)/C=C/C=C/C=C\[C@@H](O)CCCC(=O)OC[C@H](CO)OC(=O)CCCCCCCCCCCCCCCCC(C)CC. The molecule has 51 heavy (non-hydrogen) atoms. The van der Waals surface area contributed by atoms with E-state index in [1.807, 2.05) is 6.08 Å². The van der Waals surface area contributed by atoms with Crippen LogP contribution in [0.5, 0.6) is 0 Å². The molecule has 0 aromatic heterocycles. The van der Waals surface area contributed by atoms with Gasteiger partial charge >= 0.3 is 11.9 Å². The lowest BCUT2D eigenvalue weighted by Crippen LogP contribution is -2.28. The summed E-state index contributed by atoms with van der Waals surface area (Å²) in [6.07, 6.45) is 39.4. The van der Waals surface area contributed by atoms with E-state index in [2.05, 4.69) is 26.8 Å². The predicted octanol–water partition coefficient (Wildman–Crippen LogP) is 10.8. The lowest BCUT2D eigenvalue weighted by Gasteiger charge is -2.16. The molecule has 3 N–H and O–H groups in total. The van der Waals surface area contributed by atoms with Crippen LogP contribution >= 0.6 is 0 Å². The number of aliphatic hydroxyl groups excluding tert-OH is 3. The number of unbranched alkanes of at least 4 members (excludes halogenated alkanes) is 16. The third-order valence-corrected chi connectivity index (χ3v) is 9.36. The maximum Gasteiger partial charge on any atom is 0.306 e. The van der Waals surface area contributed by atoms with Gasteiger partial charge in [-0.2, -0.15) is 0 Å². The average Bonchev–Trinajstić information content (AvgIpc) is 3.12. The van der Waals surface area contributed by atoms with Gasteiger partial charge in [0, 0.05) is 12.8 Å². The van der Waals surface area contributed by atoms with Crippen LogP contribution in [0.3, 0.4) is 0 Å². The number of esters is 2. The number of allylic oxidation sites excluding steroid dienone is 5. The average molecular weight is 719 g/mol. The standard InChI is InChI=1S/C44H78O7/c1-4-6-7-8-20-25-31-40(46)32-26-22-23-27-33-41(47)34-29-36-43(48)50-38-42(37-45)51-44(49)35-28-21-18-16-14-12-10-9-11-13-15-17-19-24-30-39(3)5-2/h20,22-23,25-27,32-33,39-42,45-47H,4-19,21,24,28-31,34-38H2,1-3H3/b23-22+,25-20-,32-26+,33-27-/t39?,40-,41-,42+/m1/s1. The molecule has 0 bridgehead atoms. The van der Waals surface area contributed by atoms with Gasteiger partial charge in [0.05, 0.1) is 18.8 Å². The minimum Gasteiger partial charge on any atom is -0.462 e. The highest BCUT2D eigenvalue weighted by molar-refractivity contribution is 5.70. The first-order valence-corrected chi connectivity index (χ1v) is 20.8. The Kier molecular flexibility index (Phi) is 35.9. The summed E-state index contributed by atoms with van der Waals surface area (Å²) in [6, 6.07) is 0. The lowest BCUT2D eigenvalue weighted by atomic mass is 9.99. The second-order valence-electron chi connectivity index (χ2n) is 14.4. The summed E-state index contributed by atoms with van der Waals surface area (Å²) < 4.78 is 10.5. The number of carbonyl (C=O) groups excluding carboxylic acids is 2. The van der Waals surface area contributed by atoms with E-state index >= 15 is 0 Å². The molecule has 0 aliphatic heterocycles.